The fraction of sp³-hybridized carbons (Fsp3) is 0.0556. The molecule has 0 saturated carbocycles. The minimum Gasteiger partial charge on any atom is -0.364 e. The Morgan fingerprint density at radius 3 is 2.64 bits per heavy atom. The smallest absolute Gasteiger partial charge is 0.260 e. The summed E-state index contributed by atoms with van der Waals surface area (Å²) in [5.41, 5.74) is 1.13. The molecule has 0 aliphatic rings. The van der Waals surface area contributed by atoms with Crippen molar-refractivity contribution in [2.24, 2.45) is 0 Å². The summed E-state index contributed by atoms with van der Waals surface area (Å²) in [6.45, 7) is 0.532. The van der Waals surface area contributed by atoms with Gasteiger partial charge < -0.3 is 10.6 Å². The lowest BCUT2D eigenvalue weighted by Gasteiger charge is -2.09. The van der Waals surface area contributed by atoms with Crippen LogP contribution in [0.15, 0.2) is 60.9 Å². The van der Waals surface area contributed by atoms with Gasteiger partial charge in [0.15, 0.2) is 0 Å². The molecule has 7 heteroatoms. The highest BCUT2D eigenvalue weighted by Gasteiger charge is 2.15. The molecule has 0 fully saturated rings. The monoisotopic (exact) mass is 356 g/mol. The summed E-state index contributed by atoms with van der Waals surface area (Å²) in [6.07, 6.45) is 3.20. The Kier molecular flexibility index (Phi) is 5.20. The van der Waals surface area contributed by atoms with E-state index >= 15 is 0 Å². The first-order chi connectivity index (χ1) is 12.1. The van der Waals surface area contributed by atoms with Crippen molar-refractivity contribution < 1.29 is 9.18 Å². The minimum absolute atomic E-state index is 0.0547. The van der Waals surface area contributed by atoms with Crippen LogP contribution in [-0.2, 0) is 6.54 Å². The molecule has 0 radical (unpaired) electrons. The Labute approximate surface area is 148 Å². The van der Waals surface area contributed by atoms with Crippen molar-refractivity contribution in [1.29, 1.82) is 0 Å². The lowest BCUT2D eigenvalue weighted by molar-refractivity contribution is 0.102. The average Bonchev–Trinajstić information content (AvgIpc) is 2.62. The summed E-state index contributed by atoms with van der Waals surface area (Å²) in [5, 5.41) is 5.75. The van der Waals surface area contributed by atoms with Gasteiger partial charge in [-0.05, 0) is 36.4 Å². The van der Waals surface area contributed by atoms with Crippen molar-refractivity contribution in [3.8, 4) is 0 Å². The highest BCUT2D eigenvalue weighted by atomic mass is 35.5. The number of carbonyl (C=O) groups is 1. The van der Waals surface area contributed by atoms with E-state index < -0.39 is 11.7 Å². The van der Waals surface area contributed by atoms with Crippen LogP contribution >= 0.6 is 11.6 Å². The molecular formula is C18H14ClFN4O. The van der Waals surface area contributed by atoms with Crippen LogP contribution in [0.4, 0.5) is 15.9 Å². The predicted octanol–water partition coefficient (Wildman–Crippen LogP) is 4.13. The second-order valence-electron chi connectivity index (χ2n) is 5.16. The zero-order chi connectivity index (χ0) is 17.6. The molecule has 3 rings (SSSR count). The summed E-state index contributed by atoms with van der Waals surface area (Å²) in [6, 6.07) is 13.1. The van der Waals surface area contributed by atoms with Crippen molar-refractivity contribution in [2.75, 3.05) is 10.6 Å². The van der Waals surface area contributed by atoms with Gasteiger partial charge in [-0.1, -0.05) is 23.7 Å². The first kappa shape index (κ1) is 16.9. The van der Waals surface area contributed by atoms with Crippen molar-refractivity contribution in [3.63, 3.8) is 0 Å². The number of hydrogen-bond donors (Lipinski definition) is 2. The van der Waals surface area contributed by atoms with E-state index in [4.69, 9.17) is 11.6 Å². The maximum Gasteiger partial charge on any atom is 0.260 e. The van der Waals surface area contributed by atoms with E-state index in [1.54, 1.807) is 18.3 Å². The molecule has 0 aliphatic carbocycles. The van der Waals surface area contributed by atoms with E-state index in [0.29, 0.717) is 18.1 Å². The number of nitrogens with one attached hydrogen (secondary N) is 2. The van der Waals surface area contributed by atoms with Crippen molar-refractivity contribution in [2.45, 2.75) is 6.54 Å². The summed E-state index contributed by atoms with van der Waals surface area (Å²) in [4.78, 5) is 20.6. The van der Waals surface area contributed by atoms with Crippen LogP contribution in [0.25, 0.3) is 0 Å². The topological polar surface area (TPSA) is 66.9 Å². The van der Waals surface area contributed by atoms with Crippen LogP contribution in [0, 0.1) is 5.82 Å². The van der Waals surface area contributed by atoms with E-state index in [0.717, 1.165) is 5.69 Å². The molecule has 0 bridgehead atoms. The molecule has 25 heavy (non-hydrogen) atoms. The Balaban J connectivity index is 1.63. The zero-order valence-corrected chi connectivity index (χ0v) is 13.8. The number of carbonyl (C=O) groups excluding carboxylic acids is 1. The molecule has 0 saturated heterocycles. The van der Waals surface area contributed by atoms with Crippen LogP contribution in [0.5, 0.6) is 0 Å². The van der Waals surface area contributed by atoms with Crippen LogP contribution < -0.4 is 10.6 Å². The number of anilines is 2. The lowest BCUT2D eigenvalue weighted by Crippen LogP contribution is -2.14. The Morgan fingerprint density at radius 1 is 1.08 bits per heavy atom. The fourth-order valence-electron chi connectivity index (χ4n) is 2.16. The predicted molar refractivity (Wildman–Crippen MR) is 95.2 cm³/mol. The molecular weight excluding hydrogens is 343 g/mol. The molecule has 1 amide bonds. The maximum absolute atomic E-state index is 13.8. The molecule has 0 unspecified atom stereocenters. The average molecular weight is 357 g/mol. The summed E-state index contributed by atoms with van der Waals surface area (Å²) in [5.74, 6) is -0.668. The highest BCUT2D eigenvalue weighted by molar-refractivity contribution is 6.34. The van der Waals surface area contributed by atoms with Gasteiger partial charge in [-0.25, -0.2) is 9.37 Å². The van der Waals surface area contributed by atoms with Crippen LogP contribution in [0.1, 0.15) is 16.1 Å². The molecule has 1 aromatic carbocycles. The van der Waals surface area contributed by atoms with Crippen molar-refractivity contribution in [3.05, 3.63) is 83.0 Å². The lowest BCUT2D eigenvalue weighted by atomic mass is 10.2. The molecule has 3 aromatic rings. The van der Waals surface area contributed by atoms with Gasteiger partial charge in [0.2, 0.25) is 0 Å². The van der Waals surface area contributed by atoms with Gasteiger partial charge in [0, 0.05) is 6.20 Å². The van der Waals surface area contributed by atoms with Gasteiger partial charge in [-0.15, -0.1) is 0 Å². The molecule has 2 aromatic heterocycles. The molecule has 126 valence electrons. The Bertz CT molecular complexity index is 852. The van der Waals surface area contributed by atoms with Gasteiger partial charge in [-0.2, -0.15) is 0 Å². The number of hydrogen-bond acceptors (Lipinski definition) is 4. The van der Waals surface area contributed by atoms with E-state index in [2.05, 4.69) is 20.6 Å². The van der Waals surface area contributed by atoms with Gasteiger partial charge in [-0.3, -0.25) is 9.78 Å². The SMILES string of the molecule is O=C(Nc1ccc(NCc2ccccn2)nc1)c1c(F)cccc1Cl. The number of halogens is 2. The van der Waals surface area contributed by atoms with Crippen molar-refractivity contribution >= 4 is 29.0 Å². The molecule has 2 N–H and O–H groups in total. The summed E-state index contributed by atoms with van der Waals surface area (Å²) >= 11 is 5.88. The maximum atomic E-state index is 13.8. The van der Waals surface area contributed by atoms with E-state index in [1.165, 1.54) is 24.4 Å². The second kappa shape index (κ2) is 7.72. The molecule has 0 aliphatic heterocycles. The number of aromatic nitrogens is 2. The van der Waals surface area contributed by atoms with E-state index in [-0.39, 0.29) is 10.6 Å². The van der Waals surface area contributed by atoms with Gasteiger partial charge in [0.05, 0.1) is 34.7 Å². The van der Waals surface area contributed by atoms with Gasteiger partial charge >= 0.3 is 0 Å². The zero-order valence-electron chi connectivity index (χ0n) is 13.0. The third kappa shape index (κ3) is 4.30. The van der Waals surface area contributed by atoms with E-state index in [1.807, 2.05) is 18.2 Å². The summed E-state index contributed by atoms with van der Waals surface area (Å²) < 4.78 is 13.8. The summed E-state index contributed by atoms with van der Waals surface area (Å²) in [7, 11) is 0. The minimum atomic E-state index is -0.674. The van der Waals surface area contributed by atoms with Gasteiger partial charge in [0.1, 0.15) is 11.6 Å². The third-order valence-electron chi connectivity index (χ3n) is 3.39. The molecule has 2 heterocycles. The van der Waals surface area contributed by atoms with Crippen LogP contribution in [-0.4, -0.2) is 15.9 Å². The highest BCUT2D eigenvalue weighted by Crippen LogP contribution is 2.20. The third-order valence-corrected chi connectivity index (χ3v) is 3.70. The largest absolute Gasteiger partial charge is 0.364 e. The number of rotatable bonds is 5. The number of pyridine rings is 2. The molecule has 5 nitrogen and oxygen atoms in total. The second-order valence-corrected chi connectivity index (χ2v) is 5.56. The van der Waals surface area contributed by atoms with Gasteiger partial charge in [0.25, 0.3) is 5.91 Å². The Morgan fingerprint density at radius 2 is 1.96 bits per heavy atom. The van der Waals surface area contributed by atoms with Crippen LogP contribution in [0.2, 0.25) is 5.02 Å². The van der Waals surface area contributed by atoms with E-state index in [9.17, 15) is 9.18 Å². The Hall–Kier alpha value is -2.99. The first-order valence-electron chi connectivity index (χ1n) is 7.48. The van der Waals surface area contributed by atoms with Crippen LogP contribution in [0.3, 0.4) is 0 Å². The number of amides is 1. The standard InChI is InChI=1S/C18H14ClFN4O/c19-14-5-3-6-15(20)17(14)18(25)24-13-7-8-16(23-11-13)22-10-12-4-1-2-9-21-12/h1-9,11H,10H2,(H,22,23)(H,24,25). The fourth-order valence-corrected chi connectivity index (χ4v) is 2.41. The number of benzene rings is 1. The molecule has 0 atom stereocenters. The normalized spacial score (nSPS) is 10.3. The number of nitrogens with zero attached hydrogens (tertiary/aromatic N) is 2. The van der Waals surface area contributed by atoms with Crippen molar-refractivity contribution in [1.82, 2.24) is 9.97 Å². The molecule has 0 spiro atoms. The first-order valence-corrected chi connectivity index (χ1v) is 7.86. The quantitative estimate of drug-likeness (QED) is 0.721.